The normalized spacial score (nSPS) is 11.4. The molecule has 0 aliphatic carbocycles. The first-order valence-corrected chi connectivity index (χ1v) is 7.70. The molecule has 0 unspecified atom stereocenters. The first-order valence-electron chi connectivity index (χ1n) is 4.92. The molecule has 0 fully saturated rings. The fourth-order valence-corrected chi connectivity index (χ4v) is 2.29. The van der Waals surface area contributed by atoms with Gasteiger partial charge in [-0.2, -0.15) is 0 Å². The lowest BCUT2D eigenvalue weighted by Gasteiger charge is -2.10. The summed E-state index contributed by atoms with van der Waals surface area (Å²) in [7, 11) is -3.37. The van der Waals surface area contributed by atoms with Crippen molar-refractivity contribution in [2.24, 2.45) is 0 Å². The van der Waals surface area contributed by atoms with Gasteiger partial charge < -0.3 is 0 Å². The molecule has 0 bridgehead atoms. The zero-order valence-corrected chi connectivity index (χ0v) is 11.8. The Labute approximate surface area is 112 Å². The summed E-state index contributed by atoms with van der Waals surface area (Å²) in [6.45, 7) is 1.81. The molecule has 0 spiro atoms. The Balaban J connectivity index is 2.39. The highest BCUT2D eigenvalue weighted by Gasteiger charge is 2.11. The van der Waals surface area contributed by atoms with Gasteiger partial charge in [-0.3, -0.25) is 4.72 Å². The molecule has 0 saturated heterocycles. The number of sulfonamides is 1. The van der Waals surface area contributed by atoms with Crippen molar-refractivity contribution in [1.29, 1.82) is 0 Å². The van der Waals surface area contributed by atoms with Crippen molar-refractivity contribution in [3.05, 3.63) is 30.1 Å². The Morgan fingerprint density at radius 3 is 2.83 bits per heavy atom. The summed E-state index contributed by atoms with van der Waals surface area (Å²) in [5, 5.41) is 10.8. The predicted octanol–water partition coefficient (Wildman–Crippen LogP) is 1.06. The van der Waals surface area contributed by atoms with Crippen molar-refractivity contribution >= 4 is 31.6 Å². The molecule has 7 nitrogen and oxygen atoms in total. The molecule has 1 N–H and O–H groups in total. The van der Waals surface area contributed by atoms with Crippen LogP contribution < -0.4 is 4.72 Å². The maximum Gasteiger partial charge on any atom is 0.242 e. The van der Waals surface area contributed by atoms with Crippen LogP contribution in [0.2, 0.25) is 0 Å². The number of rotatable bonds is 4. The van der Waals surface area contributed by atoms with E-state index < -0.39 is 10.0 Å². The van der Waals surface area contributed by atoms with E-state index in [0.29, 0.717) is 11.4 Å². The molecule has 0 radical (unpaired) electrons. The van der Waals surface area contributed by atoms with E-state index in [1.54, 1.807) is 18.2 Å². The number of nitrogens with zero attached hydrogens (tertiary/aromatic N) is 4. The monoisotopic (exact) mass is 331 g/mol. The highest BCUT2D eigenvalue weighted by Crippen LogP contribution is 2.20. The van der Waals surface area contributed by atoms with Crippen LogP contribution in [0.3, 0.4) is 0 Å². The Kier molecular flexibility index (Phi) is 3.62. The summed E-state index contributed by atoms with van der Waals surface area (Å²) < 4.78 is 26.8. The first kappa shape index (κ1) is 13.0. The minimum absolute atomic E-state index is 0.158. The lowest BCUT2D eigenvalue weighted by molar-refractivity contribution is 0.606. The molecule has 1 aromatic carbocycles. The summed E-state index contributed by atoms with van der Waals surface area (Å²) in [6, 6.07) is 5.27. The van der Waals surface area contributed by atoms with E-state index in [2.05, 4.69) is 36.2 Å². The molecule has 1 heterocycles. The number of benzene rings is 1. The molecule has 0 aliphatic rings. The zero-order chi connectivity index (χ0) is 13.2. The number of alkyl halides is 1. The average molecular weight is 332 g/mol. The van der Waals surface area contributed by atoms with Crippen LogP contribution in [0.1, 0.15) is 5.56 Å². The molecule has 96 valence electrons. The number of nitrogens with one attached hydrogen (secondary N) is 1. The fourth-order valence-electron chi connectivity index (χ4n) is 1.34. The number of aromatic nitrogens is 4. The maximum atomic E-state index is 11.5. The van der Waals surface area contributed by atoms with Crippen LogP contribution in [-0.4, -0.2) is 33.3 Å². The number of anilines is 1. The average Bonchev–Trinajstić information content (AvgIpc) is 2.85. The van der Waals surface area contributed by atoms with Crippen molar-refractivity contribution in [2.75, 3.05) is 9.38 Å². The zero-order valence-electron chi connectivity index (χ0n) is 9.41. The first-order chi connectivity index (χ1) is 8.52. The minimum Gasteiger partial charge on any atom is -0.283 e. The van der Waals surface area contributed by atoms with Gasteiger partial charge in [0.25, 0.3) is 0 Å². The predicted molar refractivity (Wildman–Crippen MR) is 70.2 cm³/mol. The van der Waals surface area contributed by atoms with Crippen LogP contribution in [0.25, 0.3) is 5.69 Å². The second-order valence-electron chi connectivity index (χ2n) is 3.58. The van der Waals surface area contributed by atoms with Crippen LogP contribution in [-0.2, 0) is 10.0 Å². The van der Waals surface area contributed by atoms with Gasteiger partial charge in [-0.1, -0.05) is 22.0 Å². The highest BCUT2D eigenvalue weighted by atomic mass is 79.9. The maximum absolute atomic E-state index is 11.5. The van der Waals surface area contributed by atoms with E-state index in [0.717, 1.165) is 5.56 Å². The molecule has 0 aliphatic heterocycles. The number of aryl methyl sites for hydroxylation is 1. The van der Waals surface area contributed by atoms with Gasteiger partial charge in [0.05, 0.1) is 11.4 Å². The largest absolute Gasteiger partial charge is 0.283 e. The van der Waals surface area contributed by atoms with Crippen LogP contribution in [0.4, 0.5) is 5.69 Å². The summed E-state index contributed by atoms with van der Waals surface area (Å²) >= 11 is 2.92. The molecule has 9 heteroatoms. The number of tetrazole rings is 1. The van der Waals surface area contributed by atoms with Crippen LogP contribution >= 0.6 is 15.9 Å². The van der Waals surface area contributed by atoms with Gasteiger partial charge in [-0.15, -0.1) is 5.10 Å². The molecule has 2 rings (SSSR count). The molecule has 2 aromatic rings. The van der Waals surface area contributed by atoms with Crippen LogP contribution in [0.5, 0.6) is 0 Å². The SMILES string of the molecule is Cc1ccc(-n2cnnn2)cc1NS(=O)(=O)CBr. The Hall–Kier alpha value is -1.48. The number of halogens is 1. The molecular weight excluding hydrogens is 322 g/mol. The van der Waals surface area contributed by atoms with Crippen LogP contribution in [0.15, 0.2) is 24.5 Å². The van der Waals surface area contributed by atoms with Crippen LogP contribution in [0, 0.1) is 6.92 Å². The molecule has 0 saturated carbocycles. The van der Waals surface area contributed by atoms with Gasteiger partial charge in [0.2, 0.25) is 10.0 Å². The summed E-state index contributed by atoms with van der Waals surface area (Å²) in [5.41, 5.74) is 2.00. The molecular formula is C9H10BrN5O2S. The van der Waals surface area contributed by atoms with Crippen molar-refractivity contribution in [2.45, 2.75) is 6.92 Å². The van der Waals surface area contributed by atoms with Crippen molar-refractivity contribution in [3.63, 3.8) is 0 Å². The number of hydrogen-bond donors (Lipinski definition) is 1. The third-order valence-electron chi connectivity index (χ3n) is 2.24. The minimum atomic E-state index is -3.37. The molecule has 18 heavy (non-hydrogen) atoms. The summed E-state index contributed by atoms with van der Waals surface area (Å²) in [6.07, 6.45) is 1.44. The van der Waals surface area contributed by atoms with E-state index in [9.17, 15) is 8.42 Å². The standard InChI is InChI=1S/C9H10BrN5O2S/c1-7-2-3-8(15-6-11-13-14-15)4-9(7)12-18(16,17)5-10/h2-4,6,12H,5H2,1H3. The quantitative estimate of drug-likeness (QED) is 0.846. The third-order valence-corrected chi connectivity index (χ3v) is 4.87. The Morgan fingerprint density at radius 1 is 1.44 bits per heavy atom. The highest BCUT2D eigenvalue weighted by molar-refractivity contribution is 9.10. The lowest BCUT2D eigenvalue weighted by Crippen LogP contribution is -2.14. The van der Waals surface area contributed by atoms with Gasteiger partial charge in [-0.25, -0.2) is 13.1 Å². The topological polar surface area (TPSA) is 89.8 Å². The van der Waals surface area contributed by atoms with E-state index in [4.69, 9.17) is 0 Å². The Morgan fingerprint density at radius 2 is 2.22 bits per heavy atom. The molecule has 0 atom stereocenters. The van der Waals surface area contributed by atoms with E-state index in [1.165, 1.54) is 11.0 Å². The second kappa shape index (κ2) is 5.02. The van der Waals surface area contributed by atoms with Crippen molar-refractivity contribution in [1.82, 2.24) is 20.2 Å². The Bertz CT molecular complexity index is 641. The number of hydrogen-bond acceptors (Lipinski definition) is 5. The van der Waals surface area contributed by atoms with E-state index in [1.807, 2.05) is 6.92 Å². The lowest BCUT2D eigenvalue weighted by atomic mass is 10.2. The van der Waals surface area contributed by atoms with Gasteiger partial charge in [0, 0.05) is 0 Å². The molecule has 0 amide bonds. The smallest absolute Gasteiger partial charge is 0.242 e. The fraction of sp³-hybridized carbons (Fsp3) is 0.222. The van der Waals surface area contributed by atoms with E-state index >= 15 is 0 Å². The van der Waals surface area contributed by atoms with Gasteiger partial charge in [0.1, 0.15) is 11.0 Å². The summed E-state index contributed by atoms with van der Waals surface area (Å²) in [4.78, 5) is 0. The van der Waals surface area contributed by atoms with Gasteiger partial charge in [-0.05, 0) is 35.0 Å². The van der Waals surface area contributed by atoms with Gasteiger partial charge in [0.15, 0.2) is 0 Å². The third kappa shape index (κ3) is 2.85. The second-order valence-corrected chi connectivity index (χ2v) is 6.60. The van der Waals surface area contributed by atoms with E-state index in [-0.39, 0.29) is 4.66 Å². The summed E-state index contributed by atoms with van der Waals surface area (Å²) in [5.74, 6) is 0. The van der Waals surface area contributed by atoms with Crippen molar-refractivity contribution < 1.29 is 8.42 Å². The van der Waals surface area contributed by atoms with Gasteiger partial charge >= 0.3 is 0 Å². The molecule has 1 aromatic heterocycles. The van der Waals surface area contributed by atoms with Crippen molar-refractivity contribution in [3.8, 4) is 5.69 Å².